The third-order valence-corrected chi connectivity index (χ3v) is 3.76. The zero-order valence-corrected chi connectivity index (χ0v) is 12.1. The maximum absolute atomic E-state index is 13.2. The van der Waals surface area contributed by atoms with Crippen molar-refractivity contribution >= 4 is 16.7 Å². The largest absolute Gasteiger partial charge is 0.340 e. The Kier molecular flexibility index (Phi) is 3.34. The minimum atomic E-state index is -0.276. The van der Waals surface area contributed by atoms with Crippen LogP contribution in [0.1, 0.15) is 24.2 Å². The number of aromatic nitrogens is 1. The highest BCUT2D eigenvalue weighted by molar-refractivity contribution is 6.12. The fourth-order valence-corrected chi connectivity index (χ4v) is 2.90. The Morgan fingerprint density at radius 1 is 1.10 bits per heavy atom. The maximum atomic E-state index is 13.2. The number of hydrogen-bond acceptors (Lipinski definition) is 1. The second kappa shape index (κ2) is 5.17. The van der Waals surface area contributed by atoms with Crippen molar-refractivity contribution in [3.63, 3.8) is 0 Å². The van der Waals surface area contributed by atoms with Crippen LogP contribution in [0.25, 0.3) is 22.2 Å². The zero-order valence-electron chi connectivity index (χ0n) is 12.1. The second-order valence-corrected chi connectivity index (χ2v) is 5.05. The van der Waals surface area contributed by atoms with Crippen LogP contribution in [0.3, 0.4) is 0 Å². The number of carbonyl (C=O) groups is 1. The van der Waals surface area contributed by atoms with Gasteiger partial charge in [0.2, 0.25) is 0 Å². The lowest BCUT2D eigenvalue weighted by Gasteiger charge is -2.09. The van der Waals surface area contributed by atoms with Gasteiger partial charge in [0.25, 0.3) is 0 Å². The van der Waals surface area contributed by atoms with Gasteiger partial charge in [0.1, 0.15) is 5.82 Å². The van der Waals surface area contributed by atoms with Crippen molar-refractivity contribution in [3.05, 3.63) is 59.9 Å². The average molecular weight is 281 g/mol. The number of nitrogens with zero attached hydrogens (tertiary/aromatic N) is 1. The normalized spacial score (nSPS) is 11.0. The summed E-state index contributed by atoms with van der Waals surface area (Å²) in [5.41, 5.74) is 3.47. The zero-order chi connectivity index (χ0) is 15.0. The van der Waals surface area contributed by atoms with Crippen molar-refractivity contribution in [3.8, 4) is 11.3 Å². The lowest BCUT2D eigenvalue weighted by atomic mass is 10.0. The van der Waals surface area contributed by atoms with Crippen LogP contribution in [-0.2, 0) is 6.54 Å². The Balaban J connectivity index is 2.42. The number of hydrogen-bond donors (Lipinski definition) is 0. The van der Waals surface area contributed by atoms with E-state index < -0.39 is 0 Å². The molecule has 2 nitrogen and oxygen atoms in total. The SMILES string of the molecule is CCn1c(-c2ccc(F)cc2)c(C(C)=O)c2ccccc21. The van der Waals surface area contributed by atoms with E-state index in [0.29, 0.717) is 5.56 Å². The van der Waals surface area contributed by atoms with Gasteiger partial charge in [-0.3, -0.25) is 4.79 Å². The van der Waals surface area contributed by atoms with Crippen LogP contribution in [0, 0.1) is 5.82 Å². The van der Waals surface area contributed by atoms with Gasteiger partial charge in [-0.15, -0.1) is 0 Å². The molecule has 0 unspecified atom stereocenters. The molecule has 0 atom stereocenters. The topological polar surface area (TPSA) is 22.0 Å². The summed E-state index contributed by atoms with van der Waals surface area (Å²) in [4.78, 5) is 12.2. The molecule has 0 radical (unpaired) electrons. The van der Waals surface area contributed by atoms with Crippen LogP contribution in [-0.4, -0.2) is 10.4 Å². The summed E-state index contributed by atoms with van der Waals surface area (Å²) < 4.78 is 15.3. The van der Waals surface area contributed by atoms with Gasteiger partial charge >= 0.3 is 0 Å². The van der Waals surface area contributed by atoms with Gasteiger partial charge in [-0.25, -0.2) is 4.39 Å². The molecular formula is C18H16FNO. The van der Waals surface area contributed by atoms with Crippen molar-refractivity contribution in [2.45, 2.75) is 20.4 Å². The van der Waals surface area contributed by atoms with Gasteiger partial charge in [-0.05, 0) is 49.7 Å². The van der Waals surface area contributed by atoms with Gasteiger partial charge < -0.3 is 4.57 Å². The number of carbonyl (C=O) groups excluding carboxylic acids is 1. The first kappa shape index (κ1) is 13.6. The molecule has 3 rings (SSSR count). The summed E-state index contributed by atoms with van der Waals surface area (Å²) in [6, 6.07) is 14.2. The van der Waals surface area contributed by atoms with Gasteiger partial charge in [-0.1, -0.05) is 18.2 Å². The van der Waals surface area contributed by atoms with Crippen LogP contribution in [0.2, 0.25) is 0 Å². The molecule has 3 aromatic rings. The van der Waals surface area contributed by atoms with E-state index >= 15 is 0 Å². The van der Waals surface area contributed by atoms with E-state index in [1.54, 1.807) is 19.1 Å². The molecule has 0 aliphatic rings. The van der Waals surface area contributed by atoms with E-state index in [4.69, 9.17) is 0 Å². The van der Waals surface area contributed by atoms with Crippen LogP contribution >= 0.6 is 0 Å². The number of halogens is 1. The summed E-state index contributed by atoms with van der Waals surface area (Å²) in [5.74, 6) is -0.250. The first-order valence-electron chi connectivity index (χ1n) is 7.01. The number of benzene rings is 2. The first-order valence-corrected chi connectivity index (χ1v) is 7.01. The minimum Gasteiger partial charge on any atom is -0.340 e. The predicted octanol–water partition coefficient (Wildman–Crippen LogP) is 4.67. The molecule has 3 heteroatoms. The van der Waals surface area contributed by atoms with E-state index in [-0.39, 0.29) is 11.6 Å². The molecule has 0 saturated carbocycles. The van der Waals surface area contributed by atoms with Gasteiger partial charge in [0.15, 0.2) is 5.78 Å². The lowest BCUT2D eigenvalue weighted by Crippen LogP contribution is -2.00. The van der Waals surface area contributed by atoms with Crippen LogP contribution in [0.4, 0.5) is 4.39 Å². The predicted molar refractivity (Wildman–Crippen MR) is 83.0 cm³/mol. The number of ketones is 1. The quantitative estimate of drug-likeness (QED) is 0.639. The number of aryl methyl sites for hydroxylation is 1. The molecule has 0 bridgehead atoms. The van der Waals surface area contributed by atoms with E-state index in [0.717, 1.165) is 28.7 Å². The molecule has 0 saturated heterocycles. The first-order chi connectivity index (χ1) is 10.1. The molecule has 0 fully saturated rings. The Morgan fingerprint density at radius 2 is 1.76 bits per heavy atom. The standard InChI is InChI=1S/C18H16FNO/c1-3-20-16-7-5-4-6-15(16)17(12(2)21)18(20)13-8-10-14(19)11-9-13/h4-11H,3H2,1-2H3. The van der Waals surface area contributed by atoms with Crippen molar-refractivity contribution in [1.82, 2.24) is 4.57 Å². The van der Waals surface area contributed by atoms with Gasteiger partial charge in [-0.2, -0.15) is 0 Å². The number of rotatable bonds is 3. The van der Waals surface area contributed by atoms with E-state index in [2.05, 4.69) is 4.57 Å². The van der Waals surface area contributed by atoms with Crippen molar-refractivity contribution in [1.29, 1.82) is 0 Å². The summed E-state index contributed by atoms with van der Waals surface area (Å²) in [6.07, 6.45) is 0. The van der Waals surface area contributed by atoms with Crippen molar-refractivity contribution < 1.29 is 9.18 Å². The highest BCUT2D eigenvalue weighted by Gasteiger charge is 2.20. The number of fused-ring (bicyclic) bond motifs is 1. The van der Waals surface area contributed by atoms with Gasteiger partial charge in [0.05, 0.1) is 11.3 Å². The molecular weight excluding hydrogens is 265 g/mol. The van der Waals surface area contributed by atoms with E-state index in [1.807, 2.05) is 31.2 Å². The molecule has 2 aromatic carbocycles. The lowest BCUT2D eigenvalue weighted by molar-refractivity contribution is 0.101. The van der Waals surface area contributed by atoms with Crippen LogP contribution in [0.5, 0.6) is 0 Å². The molecule has 21 heavy (non-hydrogen) atoms. The Morgan fingerprint density at radius 3 is 2.38 bits per heavy atom. The number of para-hydroxylation sites is 1. The Labute approximate surface area is 122 Å². The maximum Gasteiger partial charge on any atom is 0.162 e. The average Bonchev–Trinajstić information content (AvgIpc) is 2.82. The monoisotopic (exact) mass is 281 g/mol. The molecule has 0 aliphatic carbocycles. The summed E-state index contributed by atoms with van der Waals surface area (Å²) in [5, 5.41) is 0.950. The second-order valence-electron chi connectivity index (χ2n) is 5.05. The third kappa shape index (κ3) is 2.15. The molecule has 0 amide bonds. The van der Waals surface area contributed by atoms with Gasteiger partial charge in [0, 0.05) is 17.4 Å². The highest BCUT2D eigenvalue weighted by Crippen LogP contribution is 2.34. The van der Waals surface area contributed by atoms with E-state index in [1.165, 1.54) is 12.1 Å². The Bertz CT molecular complexity index is 815. The fourth-order valence-electron chi connectivity index (χ4n) is 2.90. The molecule has 1 aromatic heterocycles. The molecule has 0 aliphatic heterocycles. The van der Waals surface area contributed by atoms with Crippen molar-refractivity contribution in [2.75, 3.05) is 0 Å². The fraction of sp³-hybridized carbons (Fsp3) is 0.167. The molecule has 106 valence electrons. The third-order valence-electron chi connectivity index (χ3n) is 3.76. The smallest absolute Gasteiger partial charge is 0.162 e. The summed E-state index contributed by atoms with van der Waals surface area (Å²) in [6.45, 7) is 4.37. The van der Waals surface area contributed by atoms with Crippen molar-refractivity contribution in [2.24, 2.45) is 0 Å². The highest BCUT2D eigenvalue weighted by atomic mass is 19.1. The summed E-state index contributed by atoms with van der Waals surface area (Å²) in [7, 11) is 0. The molecule has 1 heterocycles. The van der Waals surface area contributed by atoms with E-state index in [9.17, 15) is 9.18 Å². The molecule has 0 spiro atoms. The minimum absolute atomic E-state index is 0.0257. The summed E-state index contributed by atoms with van der Waals surface area (Å²) >= 11 is 0. The van der Waals surface area contributed by atoms with Crippen LogP contribution in [0.15, 0.2) is 48.5 Å². The van der Waals surface area contributed by atoms with Crippen LogP contribution < -0.4 is 0 Å². The Hall–Kier alpha value is -2.42. The molecule has 0 N–H and O–H groups in total. The number of Topliss-reactive ketones (excluding diaryl/α,β-unsaturated/α-hetero) is 1.